The van der Waals surface area contributed by atoms with Crippen molar-refractivity contribution in [2.75, 3.05) is 5.32 Å². The molecule has 1 amide bonds. The van der Waals surface area contributed by atoms with E-state index in [1.54, 1.807) is 48.7 Å². The van der Waals surface area contributed by atoms with Gasteiger partial charge >= 0.3 is 0 Å². The summed E-state index contributed by atoms with van der Waals surface area (Å²) in [6.45, 7) is 0.226. The molecule has 2 aromatic rings. The van der Waals surface area contributed by atoms with E-state index in [4.69, 9.17) is 11.6 Å². The molecule has 0 saturated heterocycles. The summed E-state index contributed by atoms with van der Waals surface area (Å²) < 4.78 is 0. The van der Waals surface area contributed by atoms with Gasteiger partial charge in [-0.3, -0.25) is 9.78 Å². The van der Waals surface area contributed by atoms with Crippen LogP contribution < -0.4 is 15.7 Å². The first-order valence-corrected chi connectivity index (χ1v) is 7.32. The second-order valence-electron chi connectivity index (χ2n) is 4.84. The second-order valence-corrected chi connectivity index (χ2v) is 5.27. The lowest BCUT2D eigenvalue weighted by Crippen LogP contribution is -2.47. The highest BCUT2D eigenvalue weighted by Crippen LogP contribution is 2.15. The number of halogens is 1. The number of hydrogen-bond donors (Lipinski definition) is 2. The second kappa shape index (κ2) is 8.26. The topological polar surface area (TPSA) is 94.2 Å². The normalized spacial score (nSPS) is 11.7. The first kappa shape index (κ1) is 16.9. The van der Waals surface area contributed by atoms with Crippen molar-refractivity contribution in [2.24, 2.45) is 0 Å². The molecule has 0 aliphatic carbocycles. The fourth-order valence-corrected chi connectivity index (χ4v) is 2.12. The first-order chi connectivity index (χ1) is 11.0. The molecule has 0 fully saturated rings. The Hall–Kier alpha value is -2.44. The summed E-state index contributed by atoms with van der Waals surface area (Å²) in [7, 11) is 0. The number of aromatic nitrogens is 1. The zero-order chi connectivity index (χ0) is 16.7. The predicted molar refractivity (Wildman–Crippen MR) is 84.6 cm³/mol. The maximum absolute atomic E-state index is 11.9. The van der Waals surface area contributed by atoms with Gasteiger partial charge in [-0.15, -0.1) is 0 Å². The van der Waals surface area contributed by atoms with Gasteiger partial charge in [-0.05, 0) is 30.3 Å². The smallest absolute Gasteiger partial charge is 0.226 e. The number of carboxylic acid groups (broad SMARTS) is 1. The molecule has 2 N–H and O–H groups in total. The minimum absolute atomic E-state index is 0.226. The Kier molecular flexibility index (Phi) is 6.08. The number of anilines is 1. The lowest BCUT2D eigenvalue weighted by molar-refractivity contribution is -0.308. The van der Waals surface area contributed by atoms with Crippen LogP contribution in [-0.2, 0) is 16.1 Å². The average molecular weight is 333 g/mol. The van der Waals surface area contributed by atoms with E-state index in [0.717, 1.165) is 0 Å². The maximum atomic E-state index is 11.9. The zero-order valence-electron chi connectivity index (χ0n) is 12.2. The fourth-order valence-electron chi connectivity index (χ4n) is 1.93. The molecule has 1 heterocycles. The van der Waals surface area contributed by atoms with Gasteiger partial charge in [-0.2, -0.15) is 0 Å². The van der Waals surface area contributed by atoms with E-state index in [2.05, 4.69) is 15.6 Å². The van der Waals surface area contributed by atoms with Gasteiger partial charge in [0.05, 0.1) is 17.7 Å². The fraction of sp³-hybridized carbons (Fsp3) is 0.188. The molecule has 0 spiro atoms. The molecule has 0 radical (unpaired) electrons. The van der Waals surface area contributed by atoms with E-state index in [0.29, 0.717) is 16.4 Å². The molecule has 1 atom stereocenters. The maximum Gasteiger partial charge on any atom is 0.226 e. The van der Waals surface area contributed by atoms with Crippen LogP contribution >= 0.6 is 11.6 Å². The summed E-state index contributed by atoms with van der Waals surface area (Å²) in [4.78, 5) is 27.2. The Labute approximate surface area is 138 Å². The molecular formula is C16H15ClN3O3-. The Morgan fingerprint density at radius 1 is 1.22 bits per heavy atom. The summed E-state index contributed by atoms with van der Waals surface area (Å²) in [6, 6.07) is 10.8. The van der Waals surface area contributed by atoms with Crippen LogP contribution in [0.1, 0.15) is 12.1 Å². The van der Waals surface area contributed by atoms with E-state index in [9.17, 15) is 14.7 Å². The van der Waals surface area contributed by atoms with Crippen molar-refractivity contribution in [3.05, 3.63) is 59.4 Å². The summed E-state index contributed by atoms with van der Waals surface area (Å²) in [6.07, 6.45) is 1.35. The first-order valence-electron chi connectivity index (χ1n) is 6.94. The molecule has 0 aliphatic heterocycles. The molecule has 0 bridgehead atoms. The van der Waals surface area contributed by atoms with Gasteiger partial charge in [0.2, 0.25) is 5.91 Å². The molecule has 0 aliphatic rings. The van der Waals surface area contributed by atoms with Gasteiger partial charge in [0.15, 0.2) is 0 Å². The van der Waals surface area contributed by atoms with E-state index in [-0.39, 0.29) is 13.0 Å². The number of carbonyl (C=O) groups is 2. The zero-order valence-corrected chi connectivity index (χ0v) is 12.9. The summed E-state index contributed by atoms with van der Waals surface area (Å²) in [5, 5.41) is 17.0. The molecule has 2 rings (SSSR count). The van der Waals surface area contributed by atoms with Crippen LogP contribution in [0.15, 0.2) is 48.7 Å². The molecule has 1 unspecified atom stereocenters. The average Bonchev–Trinajstić information content (AvgIpc) is 2.52. The van der Waals surface area contributed by atoms with E-state index in [1.807, 2.05) is 0 Å². The van der Waals surface area contributed by atoms with Crippen LogP contribution in [0.4, 0.5) is 5.69 Å². The third-order valence-corrected chi connectivity index (χ3v) is 3.27. The van der Waals surface area contributed by atoms with Crippen LogP contribution in [0.2, 0.25) is 5.02 Å². The minimum Gasteiger partial charge on any atom is -0.548 e. The Bertz CT molecular complexity index is 679. The number of pyridine rings is 1. The van der Waals surface area contributed by atoms with Gasteiger partial charge in [-0.1, -0.05) is 23.7 Å². The van der Waals surface area contributed by atoms with Crippen molar-refractivity contribution in [1.29, 1.82) is 0 Å². The van der Waals surface area contributed by atoms with E-state index < -0.39 is 17.9 Å². The number of amides is 1. The standard InChI is InChI=1S/C16H16ClN3O3/c17-11-4-3-6-12(8-11)20-15(21)9-14(16(22)23)19-10-13-5-1-2-7-18-13/h1-8,14,19H,9-10H2,(H,20,21)(H,22,23)/p-1. The van der Waals surface area contributed by atoms with Crippen LogP contribution in [0.5, 0.6) is 0 Å². The molecule has 1 aromatic carbocycles. The summed E-state index contributed by atoms with van der Waals surface area (Å²) in [5.74, 6) is -1.79. The molecule has 7 heteroatoms. The molecular weight excluding hydrogens is 318 g/mol. The summed E-state index contributed by atoms with van der Waals surface area (Å²) in [5.41, 5.74) is 1.18. The predicted octanol–water partition coefficient (Wildman–Crippen LogP) is 0.972. The van der Waals surface area contributed by atoms with Crippen LogP contribution in [0.3, 0.4) is 0 Å². The summed E-state index contributed by atoms with van der Waals surface area (Å²) >= 11 is 5.83. The quantitative estimate of drug-likeness (QED) is 0.788. The van der Waals surface area contributed by atoms with Crippen LogP contribution in [0, 0.1) is 0 Å². The van der Waals surface area contributed by atoms with Gasteiger partial charge < -0.3 is 20.5 Å². The van der Waals surface area contributed by atoms with Crippen molar-refractivity contribution in [3.8, 4) is 0 Å². The van der Waals surface area contributed by atoms with Gasteiger partial charge in [0, 0.05) is 29.9 Å². The highest BCUT2D eigenvalue weighted by atomic mass is 35.5. The number of aliphatic carboxylic acids is 1. The molecule has 6 nitrogen and oxygen atoms in total. The van der Waals surface area contributed by atoms with E-state index >= 15 is 0 Å². The number of hydrogen-bond acceptors (Lipinski definition) is 5. The van der Waals surface area contributed by atoms with Gasteiger partial charge in [0.1, 0.15) is 0 Å². The van der Waals surface area contributed by atoms with Crippen molar-refractivity contribution in [2.45, 2.75) is 19.0 Å². The largest absolute Gasteiger partial charge is 0.548 e. The highest BCUT2D eigenvalue weighted by Gasteiger charge is 2.15. The van der Waals surface area contributed by atoms with Crippen molar-refractivity contribution in [1.82, 2.24) is 10.3 Å². The Balaban J connectivity index is 1.91. The monoisotopic (exact) mass is 332 g/mol. The molecule has 0 saturated carbocycles. The van der Waals surface area contributed by atoms with Crippen molar-refractivity contribution in [3.63, 3.8) is 0 Å². The lowest BCUT2D eigenvalue weighted by atomic mass is 10.2. The number of benzene rings is 1. The highest BCUT2D eigenvalue weighted by molar-refractivity contribution is 6.30. The Morgan fingerprint density at radius 2 is 2.04 bits per heavy atom. The third-order valence-electron chi connectivity index (χ3n) is 3.04. The molecule has 23 heavy (non-hydrogen) atoms. The number of nitrogens with zero attached hydrogens (tertiary/aromatic N) is 1. The minimum atomic E-state index is -1.35. The Morgan fingerprint density at radius 3 is 2.70 bits per heavy atom. The number of rotatable bonds is 7. The van der Waals surface area contributed by atoms with Crippen molar-refractivity contribution >= 4 is 29.2 Å². The number of carboxylic acids is 1. The van der Waals surface area contributed by atoms with Crippen molar-refractivity contribution < 1.29 is 14.7 Å². The van der Waals surface area contributed by atoms with Gasteiger partial charge in [0.25, 0.3) is 0 Å². The van der Waals surface area contributed by atoms with E-state index in [1.165, 1.54) is 0 Å². The van der Waals surface area contributed by atoms with Gasteiger partial charge in [-0.25, -0.2) is 0 Å². The number of nitrogens with one attached hydrogen (secondary N) is 2. The molecule has 120 valence electrons. The SMILES string of the molecule is O=C(CC(NCc1ccccn1)C(=O)[O-])Nc1cccc(Cl)c1. The third kappa shape index (κ3) is 5.69. The lowest BCUT2D eigenvalue weighted by Gasteiger charge is -2.19. The van der Waals surface area contributed by atoms with Crippen LogP contribution in [0.25, 0.3) is 0 Å². The molecule has 1 aromatic heterocycles. The van der Waals surface area contributed by atoms with Crippen LogP contribution in [-0.4, -0.2) is 22.9 Å². The number of carbonyl (C=O) groups excluding carboxylic acids is 2.